The largest absolute Gasteiger partial charge is 0.462 e. The van der Waals surface area contributed by atoms with E-state index in [-0.39, 0.29) is 0 Å². The standard InChI is InChI=1S/C19H17NO4/c1-2-18(21)24-17-6-3-15(4-7-17)5-8-19(22)23-14-11-16-9-12-20-13-10-16/h2-10,12-13H,1,11,14H2/b8-5+. The first-order valence-electron chi connectivity index (χ1n) is 7.35. The van der Waals surface area contributed by atoms with Gasteiger partial charge in [0, 0.05) is 31.0 Å². The van der Waals surface area contributed by atoms with Crippen LogP contribution in [0.5, 0.6) is 5.75 Å². The molecule has 0 atom stereocenters. The molecule has 0 unspecified atom stereocenters. The lowest BCUT2D eigenvalue weighted by Gasteiger charge is -2.02. The molecule has 0 bridgehead atoms. The van der Waals surface area contributed by atoms with Gasteiger partial charge in [-0.3, -0.25) is 4.98 Å². The minimum absolute atomic E-state index is 0.309. The Morgan fingerprint density at radius 2 is 1.75 bits per heavy atom. The highest BCUT2D eigenvalue weighted by Gasteiger charge is 2.00. The molecule has 2 rings (SSSR count). The van der Waals surface area contributed by atoms with Gasteiger partial charge in [0.1, 0.15) is 5.75 Å². The summed E-state index contributed by atoms with van der Waals surface area (Å²) in [6, 6.07) is 10.5. The van der Waals surface area contributed by atoms with E-state index < -0.39 is 11.9 Å². The topological polar surface area (TPSA) is 65.5 Å². The molecule has 1 aromatic heterocycles. The number of hydrogen-bond donors (Lipinski definition) is 0. The lowest BCUT2D eigenvalue weighted by atomic mass is 10.2. The van der Waals surface area contributed by atoms with Crippen molar-refractivity contribution in [3.05, 3.63) is 78.6 Å². The molecule has 1 heterocycles. The van der Waals surface area contributed by atoms with E-state index in [4.69, 9.17) is 9.47 Å². The fourth-order valence-electron chi connectivity index (χ4n) is 1.84. The number of pyridine rings is 1. The third-order valence-corrected chi connectivity index (χ3v) is 3.06. The summed E-state index contributed by atoms with van der Waals surface area (Å²) in [6.45, 7) is 3.64. The third-order valence-electron chi connectivity index (χ3n) is 3.06. The number of carbonyl (C=O) groups excluding carboxylic acids is 2. The molecule has 0 fully saturated rings. The normalized spacial score (nSPS) is 10.3. The minimum atomic E-state index is -0.518. The van der Waals surface area contributed by atoms with Gasteiger partial charge in [0.05, 0.1) is 6.61 Å². The smallest absolute Gasteiger partial charge is 0.335 e. The van der Waals surface area contributed by atoms with Gasteiger partial charge in [0.25, 0.3) is 0 Å². The maximum atomic E-state index is 11.7. The van der Waals surface area contributed by atoms with Gasteiger partial charge in [-0.25, -0.2) is 9.59 Å². The lowest BCUT2D eigenvalue weighted by Crippen LogP contribution is -2.04. The van der Waals surface area contributed by atoms with Crippen LogP contribution >= 0.6 is 0 Å². The van der Waals surface area contributed by atoms with E-state index in [1.54, 1.807) is 42.7 Å². The molecule has 5 nitrogen and oxygen atoms in total. The van der Waals surface area contributed by atoms with Crippen molar-refractivity contribution in [2.75, 3.05) is 6.61 Å². The van der Waals surface area contributed by atoms with Gasteiger partial charge < -0.3 is 9.47 Å². The van der Waals surface area contributed by atoms with Gasteiger partial charge in [-0.15, -0.1) is 0 Å². The fraction of sp³-hybridized carbons (Fsp3) is 0.105. The Morgan fingerprint density at radius 3 is 2.42 bits per heavy atom. The lowest BCUT2D eigenvalue weighted by molar-refractivity contribution is -0.137. The van der Waals surface area contributed by atoms with Crippen LogP contribution in [0, 0.1) is 0 Å². The van der Waals surface area contributed by atoms with Crippen molar-refractivity contribution in [2.45, 2.75) is 6.42 Å². The van der Waals surface area contributed by atoms with Crippen LogP contribution in [0.1, 0.15) is 11.1 Å². The number of esters is 2. The Bertz CT molecular complexity index is 721. The summed E-state index contributed by atoms with van der Waals surface area (Å²) in [5, 5.41) is 0. The molecule has 2 aromatic rings. The van der Waals surface area contributed by atoms with Crippen LogP contribution in [0.2, 0.25) is 0 Å². The predicted molar refractivity (Wildman–Crippen MR) is 90.2 cm³/mol. The summed E-state index contributed by atoms with van der Waals surface area (Å²) in [5.74, 6) is -0.515. The minimum Gasteiger partial charge on any atom is -0.462 e. The monoisotopic (exact) mass is 323 g/mol. The Morgan fingerprint density at radius 1 is 1.04 bits per heavy atom. The van der Waals surface area contributed by atoms with Crippen molar-refractivity contribution in [1.82, 2.24) is 4.98 Å². The molecule has 0 aliphatic carbocycles. The summed E-state index contributed by atoms with van der Waals surface area (Å²) in [6.07, 6.45) is 8.13. The van der Waals surface area contributed by atoms with Crippen molar-refractivity contribution in [3.63, 3.8) is 0 Å². The van der Waals surface area contributed by atoms with E-state index in [0.717, 1.165) is 17.2 Å². The van der Waals surface area contributed by atoms with E-state index in [9.17, 15) is 9.59 Å². The molecule has 5 heteroatoms. The molecule has 0 radical (unpaired) electrons. The fourth-order valence-corrected chi connectivity index (χ4v) is 1.84. The molecule has 122 valence electrons. The predicted octanol–water partition coefficient (Wildman–Crippen LogP) is 2.97. The molecule has 0 N–H and O–H groups in total. The number of benzene rings is 1. The zero-order chi connectivity index (χ0) is 17.2. The van der Waals surface area contributed by atoms with Gasteiger partial charge in [-0.1, -0.05) is 18.7 Å². The van der Waals surface area contributed by atoms with Crippen LogP contribution in [0.15, 0.2) is 67.5 Å². The number of aromatic nitrogens is 1. The number of carbonyl (C=O) groups is 2. The maximum absolute atomic E-state index is 11.7. The molecule has 0 amide bonds. The molecule has 0 aliphatic rings. The highest BCUT2D eigenvalue weighted by molar-refractivity contribution is 5.87. The van der Waals surface area contributed by atoms with Gasteiger partial charge in [-0.05, 0) is 41.5 Å². The molecule has 0 aliphatic heterocycles. The Kier molecular flexibility index (Phi) is 6.46. The summed E-state index contributed by atoms with van der Waals surface area (Å²) in [5.41, 5.74) is 1.85. The Balaban J connectivity index is 1.78. The zero-order valence-corrected chi connectivity index (χ0v) is 13.1. The first-order chi connectivity index (χ1) is 11.7. The van der Waals surface area contributed by atoms with Crippen molar-refractivity contribution in [1.29, 1.82) is 0 Å². The van der Waals surface area contributed by atoms with Crippen molar-refractivity contribution in [3.8, 4) is 5.75 Å². The van der Waals surface area contributed by atoms with Crippen molar-refractivity contribution < 1.29 is 19.1 Å². The molecule has 0 saturated carbocycles. The Hall–Kier alpha value is -3.21. The van der Waals surface area contributed by atoms with Gasteiger partial charge >= 0.3 is 11.9 Å². The van der Waals surface area contributed by atoms with Crippen molar-refractivity contribution in [2.24, 2.45) is 0 Å². The van der Waals surface area contributed by atoms with Gasteiger partial charge in [-0.2, -0.15) is 0 Å². The maximum Gasteiger partial charge on any atom is 0.335 e. The number of rotatable bonds is 7. The highest BCUT2D eigenvalue weighted by atomic mass is 16.5. The second kappa shape index (κ2) is 9.05. The molecule has 1 aromatic carbocycles. The van der Waals surface area contributed by atoms with Crippen LogP contribution in [0.3, 0.4) is 0 Å². The summed E-state index contributed by atoms with van der Waals surface area (Å²) in [7, 11) is 0. The molecule has 0 saturated heterocycles. The van der Waals surface area contributed by atoms with Crippen LogP contribution in [-0.4, -0.2) is 23.5 Å². The van der Waals surface area contributed by atoms with Gasteiger partial charge in [0.15, 0.2) is 0 Å². The molecule has 24 heavy (non-hydrogen) atoms. The Labute approximate surface area is 140 Å². The van der Waals surface area contributed by atoms with Crippen molar-refractivity contribution >= 4 is 18.0 Å². The van der Waals surface area contributed by atoms with Gasteiger partial charge in [0.2, 0.25) is 0 Å². The summed E-state index contributed by atoms with van der Waals surface area (Å²) < 4.78 is 10.1. The third kappa shape index (κ3) is 5.88. The van der Waals surface area contributed by atoms with Crippen LogP contribution < -0.4 is 4.74 Å². The SMILES string of the molecule is C=CC(=O)Oc1ccc(/C=C/C(=O)OCCc2ccncc2)cc1. The quantitative estimate of drug-likeness (QED) is 0.445. The van der Waals surface area contributed by atoms with E-state index in [2.05, 4.69) is 11.6 Å². The molecular weight excluding hydrogens is 306 g/mol. The van der Waals surface area contributed by atoms with Crippen LogP contribution in [0.4, 0.5) is 0 Å². The average Bonchev–Trinajstić information content (AvgIpc) is 2.62. The first-order valence-corrected chi connectivity index (χ1v) is 7.35. The number of hydrogen-bond acceptors (Lipinski definition) is 5. The highest BCUT2D eigenvalue weighted by Crippen LogP contribution is 2.13. The van der Waals surface area contributed by atoms with Crippen LogP contribution in [0.25, 0.3) is 6.08 Å². The summed E-state index contributed by atoms with van der Waals surface area (Å²) in [4.78, 5) is 26.6. The van der Waals surface area contributed by atoms with Crippen LogP contribution in [-0.2, 0) is 20.7 Å². The van der Waals surface area contributed by atoms with E-state index >= 15 is 0 Å². The van der Waals surface area contributed by atoms with E-state index in [1.165, 1.54) is 6.08 Å². The molecular formula is C19H17NO4. The summed E-state index contributed by atoms with van der Waals surface area (Å²) >= 11 is 0. The molecule has 0 spiro atoms. The second-order valence-electron chi connectivity index (χ2n) is 4.80. The van der Waals surface area contributed by atoms with E-state index in [1.807, 2.05) is 12.1 Å². The number of nitrogens with zero attached hydrogens (tertiary/aromatic N) is 1. The first kappa shape index (κ1) is 17.1. The van der Waals surface area contributed by atoms with E-state index in [0.29, 0.717) is 18.8 Å². The average molecular weight is 323 g/mol. The number of ether oxygens (including phenoxy) is 2. The second-order valence-corrected chi connectivity index (χ2v) is 4.80. The zero-order valence-electron chi connectivity index (χ0n) is 13.1.